The number of rotatable bonds is 7. The highest BCUT2D eigenvalue weighted by molar-refractivity contribution is 8.00. The monoisotopic (exact) mass is 325 g/mol. The van der Waals surface area contributed by atoms with E-state index in [9.17, 15) is 4.79 Å². The standard InChI is InChI=1S/C14H19N3O2S2/c1-4-8-19-13(18)10(3)21-14-16-15-12(17(14)5-2)11-7-6-9-20-11/h6-7,9-10H,4-5,8H2,1-3H3. The maximum Gasteiger partial charge on any atom is 0.319 e. The van der Waals surface area contributed by atoms with Crippen LogP contribution in [0.3, 0.4) is 0 Å². The summed E-state index contributed by atoms with van der Waals surface area (Å²) >= 11 is 3.02. The van der Waals surface area contributed by atoms with Gasteiger partial charge in [0, 0.05) is 6.54 Å². The number of thiophene rings is 1. The highest BCUT2D eigenvalue weighted by Gasteiger charge is 2.21. The molecule has 0 aliphatic heterocycles. The Bertz CT molecular complexity index is 581. The van der Waals surface area contributed by atoms with E-state index in [-0.39, 0.29) is 11.2 Å². The number of hydrogen-bond donors (Lipinski definition) is 0. The number of esters is 1. The molecule has 1 atom stereocenters. The van der Waals surface area contributed by atoms with Crippen LogP contribution in [0.5, 0.6) is 0 Å². The Kier molecular flexibility index (Phi) is 5.81. The third kappa shape index (κ3) is 3.85. The zero-order valence-electron chi connectivity index (χ0n) is 12.4. The van der Waals surface area contributed by atoms with Gasteiger partial charge in [-0.25, -0.2) is 0 Å². The molecule has 0 aliphatic rings. The molecule has 21 heavy (non-hydrogen) atoms. The van der Waals surface area contributed by atoms with Crippen LogP contribution < -0.4 is 0 Å². The van der Waals surface area contributed by atoms with Gasteiger partial charge in [0.05, 0.1) is 11.5 Å². The minimum absolute atomic E-state index is 0.204. The van der Waals surface area contributed by atoms with E-state index in [1.54, 1.807) is 11.3 Å². The minimum Gasteiger partial charge on any atom is -0.465 e. The lowest BCUT2D eigenvalue weighted by molar-refractivity contribution is -0.142. The van der Waals surface area contributed by atoms with E-state index >= 15 is 0 Å². The van der Waals surface area contributed by atoms with Crippen molar-refractivity contribution in [2.45, 2.75) is 44.1 Å². The van der Waals surface area contributed by atoms with E-state index in [1.165, 1.54) is 11.8 Å². The molecule has 1 unspecified atom stereocenters. The average molecular weight is 325 g/mol. The van der Waals surface area contributed by atoms with Gasteiger partial charge in [-0.2, -0.15) is 0 Å². The van der Waals surface area contributed by atoms with Crippen molar-refractivity contribution in [3.8, 4) is 10.7 Å². The van der Waals surface area contributed by atoms with E-state index in [4.69, 9.17) is 4.74 Å². The zero-order chi connectivity index (χ0) is 15.2. The van der Waals surface area contributed by atoms with Crippen molar-refractivity contribution >= 4 is 29.1 Å². The van der Waals surface area contributed by atoms with Crippen LogP contribution in [0, 0.1) is 0 Å². The second-order valence-corrected chi connectivity index (χ2v) is 6.71. The second kappa shape index (κ2) is 7.61. The molecule has 2 heterocycles. The Morgan fingerprint density at radius 3 is 2.90 bits per heavy atom. The molecule has 0 saturated carbocycles. The molecule has 5 nitrogen and oxygen atoms in total. The second-order valence-electron chi connectivity index (χ2n) is 4.46. The summed E-state index contributed by atoms with van der Waals surface area (Å²) < 4.78 is 7.19. The molecule has 114 valence electrons. The maximum absolute atomic E-state index is 11.8. The molecule has 2 rings (SSSR count). The highest BCUT2D eigenvalue weighted by atomic mass is 32.2. The molecular weight excluding hydrogens is 306 g/mol. The first-order valence-corrected chi connectivity index (χ1v) is 8.73. The van der Waals surface area contributed by atoms with Crippen LogP contribution in [-0.4, -0.2) is 32.6 Å². The van der Waals surface area contributed by atoms with Gasteiger partial charge in [-0.15, -0.1) is 21.5 Å². The fourth-order valence-electron chi connectivity index (χ4n) is 1.78. The summed E-state index contributed by atoms with van der Waals surface area (Å²) in [6, 6.07) is 4.01. The quantitative estimate of drug-likeness (QED) is 0.576. The van der Waals surface area contributed by atoms with Crippen LogP contribution in [0.15, 0.2) is 22.7 Å². The molecule has 0 saturated heterocycles. The van der Waals surface area contributed by atoms with Crippen molar-refractivity contribution in [1.82, 2.24) is 14.8 Å². The zero-order valence-corrected chi connectivity index (χ0v) is 14.0. The minimum atomic E-state index is -0.290. The van der Waals surface area contributed by atoms with Gasteiger partial charge in [0.25, 0.3) is 0 Å². The van der Waals surface area contributed by atoms with Gasteiger partial charge >= 0.3 is 5.97 Å². The number of hydrogen-bond acceptors (Lipinski definition) is 6. The summed E-state index contributed by atoms with van der Waals surface area (Å²) in [5.74, 6) is 0.648. The number of carbonyl (C=O) groups excluding carboxylic acids is 1. The predicted molar refractivity (Wildman–Crippen MR) is 85.6 cm³/mol. The molecular formula is C14H19N3O2S2. The van der Waals surface area contributed by atoms with Gasteiger partial charge in [-0.3, -0.25) is 4.79 Å². The van der Waals surface area contributed by atoms with E-state index in [2.05, 4.69) is 10.2 Å². The molecule has 0 radical (unpaired) electrons. The Hall–Kier alpha value is -1.34. The van der Waals surface area contributed by atoms with Crippen LogP contribution in [0.25, 0.3) is 10.7 Å². The summed E-state index contributed by atoms with van der Waals surface area (Å²) in [6.45, 7) is 7.09. The van der Waals surface area contributed by atoms with E-state index < -0.39 is 0 Å². The average Bonchev–Trinajstić information content (AvgIpc) is 3.13. The lowest BCUT2D eigenvalue weighted by atomic mass is 10.4. The van der Waals surface area contributed by atoms with E-state index in [1.807, 2.05) is 42.9 Å². The van der Waals surface area contributed by atoms with Gasteiger partial charge in [-0.05, 0) is 31.7 Å². The first-order valence-electron chi connectivity index (χ1n) is 6.97. The fraction of sp³-hybridized carbons (Fsp3) is 0.500. The number of aromatic nitrogens is 3. The molecule has 0 aliphatic carbocycles. The smallest absolute Gasteiger partial charge is 0.319 e. The molecule has 0 aromatic carbocycles. The molecule has 0 spiro atoms. The third-order valence-corrected chi connectivity index (χ3v) is 4.76. The van der Waals surface area contributed by atoms with Crippen molar-refractivity contribution < 1.29 is 9.53 Å². The molecule has 7 heteroatoms. The Labute approximate surface area is 132 Å². The van der Waals surface area contributed by atoms with Crippen molar-refractivity contribution in [3.05, 3.63) is 17.5 Å². The molecule has 0 fully saturated rings. The normalized spacial score (nSPS) is 12.3. The summed E-state index contributed by atoms with van der Waals surface area (Å²) in [7, 11) is 0. The Morgan fingerprint density at radius 2 is 2.29 bits per heavy atom. The van der Waals surface area contributed by atoms with Crippen LogP contribution in [0.1, 0.15) is 27.2 Å². The van der Waals surface area contributed by atoms with Crippen LogP contribution in [0.4, 0.5) is 0 Å². The van der Waals surface area contributed by atoms with Crippen molar-refractivity contribution in [2.24, 2.45) is 0 Å². The lowest BCUT2D eigenvalue weighted by Gasteiger charge is -2.11. The summed E-state index contributed by atoms with van der Waals surface area (Å²) in [5.41, 5.74) is 0. The lowest BCUT2D eigenvalue weighted by Crippen LogP contribution is -2.18. The summed E-state index contributed by atoms with van der Waals surface area (Å²) in [6.07, 6.45) is 0.830. The van der Waals surface area contributed by atoms with Crippen molar-refractivity contribution in [2.75, 3.05) is 6.61 Å². The predicted octanol–water partition coefficient (Wildman–Crippen LogP) is 3.46. The van der Waals surface area contributed by atoms with Gasteiger partial charge in [0.1, 0.15) is 5.25 Å². The SMILES string of the molecule is CCCOC(=O)C(C)Sc1nnc(-c2cccs2)n1CC. The first kappa shape index (κ1) is 16.0. The molecule has 0 N–H and O–H groups in total. The van der Waals surface area contributed by atoms with Gasteiger partial charge in [0.2, 0.25) is 0 Å². The number of carbonyl (C=O) groups is 1. The Morgan fingerprint density at radius 1 is 1.48 bits per heavy atom. The third-order valence-electron chi connectivity index (χ3n) is 2.84. The van der Waals surface area contributed by atoms with E-state index in [0.29, 0.717) is 6.61 Å². The van der Waals surface area contributed by atoms with Crippen molar-refractivity contribution in [1.29, 1.82) is 0 Å². The van der Waals surface area contributed by atoms with Gasteiger partial charge in [0.15, 0.2) is 11.0 Å². The number of thioether (sulfide) groups is 1. The summed E-state index contributed by atoms with van der Waals surface area (Å²) in [4.78, 5) is 12.9. The van der Waals surface area contributed by atoms with Gasteiger partial charge < -0.3 is 9.30 Å². The fourth-order valence-corrected chi connectivity index (χ4v) is 3.40. The largest absolute Gasteiger partial charge is 0.465 e. The molecule has 0 bridgehead atoms. The Balaban J connectivity index is 2.12. The molecule has 2 aromatic rings. The van der Waals surface area contributed by atoms with Crippen LogP contribution >= 0.6 is 23.1 Å². The first-order chi connectivity index (χ1) is 10.2. The topological polar surface area (TPSA) is 57.0 Å². The van der Waals surface area contributed by atoms with E-state index in [0.717, 1.165) is 28.8 Å². The van der Waals surface area contributed by atoms with Crippen molar-refractivity contribution in [3.63, 3.8) is 0 Å². The highest BCUT2D eigenvalue weighted by Crippen LogP contribution is 2.29. The molecule has 0 amide bonds. The summed E-state index contributed by atoms with van der Waals surface area (Å²) in [5, 5.41) is 11.0. The van der Waals surface area contributed by atoms with Crippen LogP contribution in [0.2, 0.25) is 0 Å². The molecule has 2 aromatic heterocycles. The van der Waals surface area contributed by atoms with Crippen LogP contribution in [-0.2, 0) is 16.1 Å². The number of ether oxygens (including phenoxy) is 1. The maximum atomic E-state index is 11.8. The number of nitrogens with zero attached hydrogens (tertiary/aromatic N) is 3. The van der Waals surface area contributed by atoms with Gasteiger partial charge in [-0.1, -0.05) is 24.8 Å².